The smallest absolute Gasteiger partial charge is 0.279 e. The summed E-state index contributed by atoms with van der Waals surface area (Å²) in [4.78, 5) is 18.1. The van der Waals surface area contributed by atoms with E-state index in [1.807, 2.05) is 12.1 Å². The van der Waals surface area contributed by atoms with Gasteiger partial charge in [0.2, 0.25) is 0 Å². The zero-order valence-corrected chi connectivity index (χ0v) is 16.2. The second-order valence-electron chi connectivity index (χ2n) is 7.25. The van der Waals surface area contributed by atoms with Gasteiger partial charge >= 0.3 is 0 Å². The zero-order chi connectivity index (χ0) is 20.9. The summed E-state index contributed by atoms with van der Waals surface area (Å²) in [5.74, 6) is 1.86. The van der Waals surface area contributed by atoms with Crippen molar-refractivity contribution >= 4 is 17.6 Å². The Morgan fingerprint density at radius 2 is 2.10 bits per heavy atom. The summed E-state index contributed by atoms with van der Waals surface area (Å²) in [6.07, 6.45) is 7.64. The highest BCUT2D eigenvalue weighted by atomic mass is 19.3. The van der Waals surface area contributed by atoms with Crippen LogP contribution < -0.4 is 4.90 Å². The van der Waals surface area contributed by atoms with E-state index in [-0.39, 0.29) is 0 Å². The predicted molar refractivity (Wildman–Crippen MR) is 110 cm³/mol. The van der Waals surface area contributed by atoms with Crippen molar-refractivity contribution in [3.63, 3.8) is 0 Å². The Hall–Kier alpha value is -3.43. The van der Waals surface area contributed by atoms with Gasteiger partial charge < -0.3 is 9.88 Å². The quantitative estimate of drug-likeness (QED) is 0.516. The first-order valence-electron chi connectivity index (χ1n) is 9.74. The van der Waals surface area contributed by atoms with Gasteiger partial charge in [-0.05, 0) is 43.4 Å². The average Bonchev–Trinajstić information content (AvgIpc) is 3.45. The molecular formula is C20H22F2N8. The summed E-state index contributed by atoms with van der Waals surface area (Å²) in [6, 6.07) is 3.92. The van der Waals surface area contributed by atoms with Gasteiger partial charge in [0.25, 0.3) is 6.43 Å². The molecule has 0 aromatic carbocycles. The maximum absolute atomic E-state index is 12.4. The molecule has 0 atom stereocenters. The standard InChI is InChI=1S/C20H22F2N8/c21-20(22)15(23)1-2-18-24-11-17(28-18)16-10-19(26-12-25-16)30-7-4-13(5-8-30)9-14-3-6-27-29-14/h1-3,6,10-13,20,23H,4-5,7-9H2,(H,24,28)(H,27,29)/b2-1-,23-15?. The maximum Gasteiger partial charge on any atom is 0.279 e. The Kier molecular flexibility index (Phi) is 5.92. The van der Waals surface area contributed by atoms with Crippen LogP contribution in [0, 0.1) is 11.3 Å². The first-order chi connectivity index (χ1) is 14.6. The number of piperidine rings is 1. The van der Waals surface area contributed by atoms with Crippen LogP contribution in [-0.4, -0.2) is 55.4 Å². The highest BCUT2D eigenvalue weighted by Crippen LogP contribution is 2.26. The van der Waals surface area contributed by atoms with Crippen LogP contribution in [0.15, 0.2) is 36.9 Å². The highest BCUT2D eigenvalue weighted by molar-refractivity contribution is 5.97. The molecule has 8 nitrogen and oxygen atoms in total. The number of rotatable bonds is 7. The summed E-state index contributed by atoms with van der Waals surface area (Å²) < 4.78 is 24.8. The van der Waals surface area contributed by atoms with Crippen LogP contribution in [0.5, 0.6) is 0 Å². The molecule has 0 unspecified atom stereocenters. The molecule has 0 bridgehead atoms. The largest absolute Gasteiger partial charge is 0.356 e. The third kappa shape index (κ3) is 4.76. The van der Waals surface area contributed by atoms with E-state index in [2.05, 4.69) is 35.0 Å². The van der Waals surface area contributed by atoms with E-state index in [9.17, 15) is 8.78 Å². The van der Waals surface area contributed by atoms with Gasteiger partial charge in [0.15, 0.2) is 0 Å². The number of hydrogen-bond donors (Lipinski definition) is 3. The van der Waals surface area contributed by atoms with E-state index in [1.165, 1.54) is 18.1 Å². The summed E-state index contributed by atoms with van der Waals surface area (Å²) in [5, 5.41) is 14.2. The van der Waals surface area contributed by atoms with Crippen LogP contribution in [0.25, 0.3) is 17.5 Å². The molecule has 3 N–H and O–H groups in total. The van der Waals surface area contributed by atoms with E-state index < -0.39 is 12.1 Å². The van der Waals surface area contributed by atoms with E-state index in [0.717, 1.165) is 44.2 Å². The lowest BCUT2D eigenvalue weighted by Gasteiger charge is -2.32. The summed E-state index contributed by atoms with van der Waals surface area (Å²) in [7, 11) is 0. The Labute approximate surface area is 172 Å². The van der Waals surface area contributed by atoms with Gasteiger partial charge in [0, 0.05) is 31.0 Å². The fraction of sp³-hybridized carbons (Fsp3) is 0.350. The second-order valence-corrected chi connectivity index (χ2v) is 7.25. The lowest BCUT2D eigenvalue weighted by molar-refractivity contribution is 0.226. The van der Waals surface area contributed by atoms with Crippen molar-refractivity contribution in [2.75, 3.05) is 18.0 Å². The number of hydrogen-bond acceptors (Lipinski definition) is 6. The molecule has 0 saturated carbocycles. The molecule has 30 heavy (non-hydrogen) atoms. The van der Waals surface area contributed by atoms with Crippen molar-refractivity contribution < 1.29 is 8.78 Å². The van der Waals surface area contributed by atoms with Crippen LogP contribution in [0.4, 0.5) is 14.6 Å². The number of nitrogens with zero attached hydrogens (tertiary/aromatic N) is 5. The number of nitrogens with one attached hydrogen (secondary N) is 3. The molecule has 0 spiro atoms. The molecule has 0 radical (unpaired) electrons. The van der Waals surface area contributed by atoms with Crippen molar-refractivity contribution in [3.05, 3.63) is 48.4 Å². The molecule has 3 aromatic heterocycles. The molecule has 10 heteroatoms. The van der Waals surface area contributed by atoms with Gasteiger partial charge in [-0.3, -0.25) is 10.5 Å². The SMILES string of the molecule is N=C(/C=C\c1ncc(-c2cc(N3CCC(Cc4ccn[nH]4)CC3)ncn2)[nH]1)C(F)F. The van der Waals surface area contributed by atoms with E-state index >= 15 is 0 Å². The Bertz CT molecular complexity index is 1000. The minimum Gasteiger partial charge on any atom is -0.356 e. The van der Waals surface area contributed by atoms with Crippen LogP contribution in [0.1, 0.15) is 24.4 Å². The molecular weight excluding hydrogens is 390 g/mol. The van der Waals surface area contributed by atoms with Gasteiger partial charge in [-0.25, -0.2) is 23.7 Å². The number of aromatic amines is 2. The van der Waals surface area contributed by atoms with Gasteiger partial charge in [-0.1, -0.05) is 0 Å². The number of alkyl halides is 2. The molecule has 3 aromatic rings. The molecule has 1 aliphatic rings. The fourth-order valence-corrected chi connectivity index (χ4v) is 3.54. The van der Waals surface area contributed by atoms with Crippen molar-refractivity contribution in [1.82, 2.24) is 30.1 Å². The minimum atomic E-state index is -2.80. The van der Waals surface area contributed by atoms with Crippen molar-refractivity contribution in [2.45, 2.75) is 25.7 Å². The van der Waals surface area contributed by atoms with E-state index in [0.29, 0.717) is 23.1 Å². The molecule has 1 saturated heterocycles. The van der Waals surface area contributed by atoms with Crippen LogP contribution in [0.3, 0.4) is 0 Å². The Morgan fingerprint density at radius 3 is 2.83 bits per heavy atom. The molecule has 1 aliphatic heterocycles. The average molecular weight is 412 g/mol. The second kappa shape index (κ2) is 8.93. The maximum atomic E-state index is 12.4. The number of imidazole rings is 1. The van der Waals surface area contributed by atoms with Gasteiger partial charge in [-0.2, -0.15) is 5.10 Å². The topological polar surface area (TPSA) is 110 Å². The number of allylic oxidation sites excluding steroid dienone is 1. The molecule has 0 amide bonds. The normalized spacial score (nSPS) is 15.4. The fourth-order valence-electron chi connectivity index (χ4n) is 3.54. The third-order valence-electron chi connectivity index (χ3n) is 5.19. The molecule has 0 aliphatic carbocycles. The monoisotopic (exact) mass is 412 g/mol. The lowest BCUT2D eigenvalue weighted by Crippen LogP contribution is -2.35. The van der Waals surface area contributed by atoms with Gasteiger partial charge in [0.1, 0.15) is 18.0 Å². The lowest BCUT2D eigenvalue weighted by atomic mass is 9.92. The minimum absolute atomic E-state index is 0.384. The summed E-state index contributed by atoms with van der Waals surface area (Å²) in [6.45, 7) is 1.84. The molecule has 4 rings (SSSR count). The third-order valence-corrected chi connectivity index (χ3v) is 5.19. The highest BCUT2D eigenvalue weighted by Gasteiger charge is 2.21. The van der Waals surface area contributed by atoms with Crippen LogP contribution >= 0.6 is 0 Å². The summed E-state index contributed by atoms with van der Waals surface area (Å²) >= 11 is 0. The van der Waals surface area contributed by atoms with Crippen LogP contribution in [0.2, 0.25) is 0 Å². The van der Waals surface area contributed by atoms with Crippen molar-refractivity contribution in [1.29, 1.82) is 5.41 Å². The number of halogens is 2. The Balaban J connectivity index is 1.39. The predicted octanol–water partition coefficient (Wildman–Crippen LogP) is 3.35. The first kappa shape index (κ1) is 19.9. The number of anilines is 1. The summed E-state index contributed by atoms with van der Waals surface area (Å²) in [5.41, 5.74) is 1.76. The molecule has 1 fully saturated rings. The van der Waals surface area contributed by atoms with Gasteiger partial charge in [0.05, 0.1) is 23.3 Å². The van der Waals surface area contributed by atoms with Crippen LogP contribution in [-0.2, 0) is 6.42 Å². The van der Waals surface area contributed by atoms with Gasteiger partial charge in [-0.15, -0.1) is 0 Å². The number of aromatic nitrogens is 6. The molecule has 4 heterocycles. The van der Waals surface area contributed by atoms with E-state index in [1.54, 1.807) is 12.4 Å². The van der Waals surface area contributed by atoms with Crippen molar-refractivity contribution in [2.24, 2.45) is 5.92 Å². The zero-order valence-electron chi connectivity index (χ0n) is 16.2. The first-order valence-corrected chi connectivity index (χ1v) is 9.74. The molecule has 156 valence electrons. The van der Waals surface area contributed by atoms with E-state index in [4.69, 9.17) is 5.41 Å². The van der Waals surface area contributed by atoms with Crippen molar-refractivity contribution in [3.8, 4) is 11.4 Å². The number of H-pyrrole nitrogens is 2. The Morgan fingerprint density at radius 1 is 1.27 bits per heavy atom.